The number of aliphatic hydroxyl groups excluding tert-OH is 1. The van der Waals surface area contributed by atoms with E-state index < -0.39 is 0 Å². The fourth-order valence-electron chi connectivity index (χ4n) is 1.03. The lowest BCUT2D eigenvalue weighted by atomic mass is 10.2. The van der Waals surface area contributed by atoms with Crippen LogP contribution in [0.4, 0.5) is 0 Å². The fourth-order valence-corrected chi connectivity index (χ4v) is 1.49. The van der Waals surface area contributed by atoms with Gasteiger partial charge in [0.05, 0.1) is 6.61 Å². The van der Waals surface area contributed by atoms with Crippen LogP contribution in [0, 0.1) is 13.8 Å². The molecule has 1 aromatic rings. The molecule has 0 atom stereocenters. The van der Waals surface area contributed by atoms with Gasteiger partial charge in [0.25, 0.3) is 0 Å². The second-order valence-corrected chi connectivity index (χ2v) is 3.29. The molecule has 0 aliphatic heterocycles. The fraction of sp³-hybridized carbons (Fsp3) is 0.500. The first-order valence-corrected chi connectivity index (χ1v) is 4.90. The lowest BCUT2D eigenvalue weighted by Crippen LogP contribution is -2.01. The van der Waals surface area contributed by atoms with E-state index in [1.165, 1.54) is 11.8 Å². The molecule has 0 fully saturated rings. The molecule has 0 aromatic carbocycles. The molecule has 1 rings (SSSR count). The largest absolute Gasteiger partial charge is 0.392 e. The van der Waals surface area contributed by atoms with Gasteiger partial charge < -0.3 is 5.11 Å². The maximum Gasteiger partial charge on any atom is 0.187 e. The van der Waals surface area contributed by atoms with Crippen molar-refractivity contribution in [3.05, 3.63) is 17.0 Å². The van der Waals surface area contributed by atoms with Crippen molar-refractivity contribution in [2.24, 2.45) is 0 Å². The SMILES string of the molecule is CSc1nc(C)c(CO)c(C)n1. The summed E-state index contributed by atoms with van der Waals surface area (Å²) in [4.78, 5) is 8.43. The molecule has 0 aliphatic rings. The van der Waals surface area contributed by atoms with Crippen LogP contribution in [0.15, 0.2) is 5.16 Å². The Labute approximate surface area is 76.2 Å². The summed E-state index contributed by atoms with van der Waals surface area (Å²) in [7, 11) is 0. The Morgan fingerprint density at radius 2 is 1.75 bits per heavy atom. The molecular weight excluding hydrogens is 172 g/mol. The van der Waals surface area contributed by atoms with Crippen LogP contribution < -0.4 is 0 Å². The monoisotopic (exact) mass is 184 g/mol. The molecule has 0 radical (unpaired) electrons. The number of hydrogen-bond donors (Lipinski definition) is 1. The Morgan fingerprint density at radius 1 is 1.25 bits per heavy atom. The average Bonchev–Trinajstić information content (AvgIpc) is 2.03. The van der Waals surface area contributed by atoms with Crippen molar-refractivity contribution >= 4 is 11.8 Å². The first kappa shape index (κ1) is 9.48. The second kappa shape index (κ2) is 3.87. The highest BCUT2D eigenvalue weighted by molar-refractivity contribution is 7.98. The topological polar surface area (TPSA) is 46.0 Å². The van der Waals surface area contributed by atoms with Gasteiger partial charge in [0.2, 0.25) is 0 Å². The molecule has 0 unspecified atom stereocenters. The van der Waals surface area contributed by atoms with Crippen molar-refractivity contribution in [2.45, 2.75) is 25.6 Å². The van der Waals surface area contributed by atoms with Crippen molar-refractivity contribution in [1.82, 2.24) is 9.97 Å². The number of thioether (sulfide) groups is 1. The Hall–Kier alpha value is -0.610. The number of hydrogen-bond acceptors (Lipinski definition) is 4. The quantitative estimate of drug-likeness (QED) is 0.556. The maximum absolute atomic E-state index is 8.98. The summed E-state index contributed by atoms with van der Waals surface area (Å²) in [5, 5.41) is 9.74. The van der Waals surface area contributed by atoms with Crippen LogP contribution in [0.1, 0.15) is 17.0 Å². The number of aryl methyl sites for hydroxylation is 2. The molecule has 1 aromatic heterocycles. The van der Waals surface area contributed by atoms with E-state index in [-0.39, 0.29) is 6.61 Å². The third-order valence-electron chi connectivity index (χ3n) is 1.74. The van der Waals surface area contributed by atoms with Crippen LogP contribution in [-0.4, -0.2) is 21.3 Å². The van der Waals surface area contributed by atoms with E-state index in [0.29, 0.717) is 0 Å². The lowest BCUT2D eigenvalue weighted by Gasteiger charge is -2.06. The summed E-state index contributed by atoms with van der Waals surface area (Å²) >= 11 is 1.51. The first-order chi connectivity index (χ1) is 5.69. The third kappa shape index (κ3) is 1.76. The van der Waals surface area contributed by atoms with Gasteiger partial charge in [-0.25, -0.2) is 9.97 Å². The van der Waals surface area contributed by atoms with Crippen molar-refractivity contribution in [1.29, 1.82) is 0 Å². The smallest absolute Gasteiger partial charge is 0.187 e. The van der Waals surface area contributed by atoms with Crippen molar-refractivity contribution in [3.63, 3.8) is 0 Å². The summed E-state index contributed by atoms with van der Waals surface area (Å²) in [5.41, 5.74) is 2.58. The summed E-state index contributed by atoms with van der Waals surface area (Å²) < 4.78 is 0. The van der Waals surface area contributed by atoms with E-state index in [4.69, 9.17) is 5.11 Å². The molecule has 0 spiro atoms. The van der Waals surface area contributed by atoms with Crippen molar-refractivity contribution in [2.75, 3.05) is 6.26 Å². The molecule has 66 valence electrons. The van der Waals surface area contributed by atoms with Crippen LogP contribution >= 0.6 is 11.8 Å². The van der Waals surface area contributed by atoms with E-state index in [2.05, 4.69) is 9.97 Å². The second-order valence-electron chi connectivity index (χ2n) is 2.52. The Kier molecular flexibility index (Phi) is 3.05. The number of nitrogens with zero attached hydrogens (tertiary/aromatic N) is 2. The van der Waals surface area contributed by atoms with Gasteiger partial charge in [-0.1, -0.05) is 11.8 Å². The third-order valence-corrected chi connectivity index (χ3v) is 2.29. The molecule has 1 N–H and O–H groups in total. The first-order valence-electron chi connectivity index (χ1n) is 3.68. The van der Waals surface area contributed by atoms with E-state index in [0.717, 1.165) is 22.1 Å². The molecule has 1 heterocycles. The molecule has 0 saturated heterocycles. The summed E-state index contributed by atoms with van der Waals surface area (Å²) in [6, 6.07) is 0. The molecule has 3 nitrogen and oxygen atoms in total. The zero-order valence-electron chi connectivity index (χ0n) is 7.46. The van der Waals surface area contributed by atoms with Gasteiger partial charge >= 0.3 is 0 Å². The van der Waals surface area contributed by atoms with Gasteiger partial charge in [-0.2, -0.15) is 0 Å². The Balaban J connectivity index is 3.18. The summed E-state index contributed by atoms with van der Waals surface area (Å²) in [5.74, 6) is 0. The number of rotatable bonds is 2. The maximum atomic E-state index is 8.98. The summed E-state index contributed by atoms with van der Waals surface area (Å²) in [6.45, 7) is 3.80. The van der Waals surface area contributed by atoms with Crippen molar-refractivity contribution in [3.8, 4) is 0 Å². The Morgan fingerprint density at radius 3 is 2.08 bits per heavy atom. The van der Waals surface area contributed by atoms with Gasteiger partial charge in [0, 0.05) is 17.0 Å². The minimum Gasteiger partial charge on any atom is -0.392 e. The molecule has 0 amide bonds. The molecule has 0 aliphatic carbocycles. The van der Waals surface area contributed by atoms with E-state index in [9.17, 15) is 0 Å². The van der Waals surface area contributed by atoms with E-state index in [1.807, 2.05) is 20.1 Å². The number of aromatic nitrogens is 2. The lowest BCUT2D eigenvalue weighted by molar-refractivity contribution is 0.278. The van der Waals surface area contributed by atoms with Crippen LogP contribution in [-0.2, 0) is 6.61 Å². The summed E-state index contributed by atoms with van der Waals surface area (Å²) in [6.07, 6.45) is 1.94. The van der Waals surface area contributed by atoms with E-state index in [1.54, 1.807) is 0 Å². The normalized spacial score (nSPS) is 10.3. The highest BCUT2D eigenvalue weighted by atomic mass is 32.2. The zero-order chi connectivity index (χ0) is 9.14. The highest BCUT2D eigenvalue weighted by Gasteiger charge is 2.05. The van der Waals surface area contributed by atoms with Crippen LogP contribution in [0.2, 0.25) is 0 Å². The van der Waals surface area contributed by atoms with Crippen LogP contribution in [0.25, 0.3) is 0 Å². The van der Waals surface area contributed by atoms with Gasteiger partial charge in [-0.05, 0) is 20.1 Å². The zero-order valence-corrected chi connectivity index (χ0v) is 8.27. The molecular formula is C8H12N2OS. The average molecular weight is 184 g/mol. The predicted octanol–water partition coefficient (Wildman–Crippen LogP) is 1.31. The predicted molar refractivity (Wildman–Crippen MR) is 49.2 cm³/mol. The highest BCUT2D eigenvalue weighted by Crippen LogP contribution is 2.14. The molecule has 4 heteroatoms. The van der Waals surface area contributed by atoms with Gasteiger partial charge in [-0.15, -0.1) is 0 Å². The van der Waals surface area contributed by atoms with Gasteiger partial charge in [-0.3, -0.25) is 0 Å². The van der Waals surface area contributed by atoms with Crippen LogP contribution in [0.3, 0.4) is 0 Å². The molecule has 0 bridgehead atoms. The standard InChI is InChI=1S/C8H12N2OS/c1-5-7(4-11)6(2)10-8(9-5)12-3/h11H,4H2,1-3H3. The Bertz CT molecular complexity index is 265. The minimum absolute atomic E-state index is 0.0202. The van der Waals surface area contributed by atoms with E-state index >= 15 is 0 Å². The minimum atomic E-state index is 0.0202. The van der Waals surface area contributed by atoms with Gasteiger partial charge in [0.15, 0.2) is 5.16 Å². The van der Waals surface area contributed by atoms with Crippen molar-refractivity contribution < 1.29 is 5.11 Å². The molecule has 0 saturated carbocycles. The number of aliphatic hydroxyl groups is 1. The van der Waals surface area contributed by atoms with Crippen LogP contribution in [0.5, 0.6) is 0 Å². The molecule has 12 heavy (non-hydrogen) atoms. The van der Waals surface area contributed by atoms with Gasteiger partial charge in [0.1, 0.15) is 0 Å².